The van der Waals surface area contributed by atoms with Crippen LogP contribution in [-0.2, 0) is 15.8 Å². The van der Waals surface area contributed by atoms with Gasteiger partial charge in [-0.15, -0.1) is 0 Å². The fraction of sp³-hybridized carbons (Fsp3) is 0.385. The Bertz CT molecular complexity index is 533. The maximum absolute atomic E-state index is 12.6. The lowest BCUT2D eigenvalue weighted by Crippen LogP contribution is -2.28. The molecule has 0 bridgehead atoms. The van der Waals surface area contributed by atoms with Crippen molar-refractivity contribution in [1.82, 2.24) is 5.32 Å². The van der Waals surface area contributed by atoms with Crippen LogP contribution < -0.4 is 10.6 Å². The standard InChI is InChI=1S/C13H14ClF3N2O2/c1-2-5-18-11(20)7-12(21)19-10-6-8(13(15,16)17)3-4-9(10)14/h3-4,6H,2,5,7H2,1H3,(H,18,20)(H,19,21). The Labute approximate surface area is 124 Å². The van der Waals surface area contributed by atoms with E-state index in [1.807, 2.05) is 6.92 Å². The summed E-state index contributed by atoms with van der Waals surface area (Å²) in [5.41, 5.74) is -1.11. The molecule has 0 fully saturated rings. The average molecular weight is 323 g/mol. The molecule has 1 rings (SSSR count). The zero-order valence-electron chi connectivity index (χ0n) is 11.2. The smallest absolute Gasteiger partial charge is 0.356 e. The highest BCUT2D eigenvalue weighted by molar-refractivity contribution is 6.33. The third-order valence-electron chi connectivity index (χ3n) is 2.46. The summed E-state index contributed by atoms with van der Waals surface area (Å²) >= 11 is 5.73. The third kappa shape index (κ3) is 5.63. The minimum Gasteiger partial charge on any atom is -0.356 e. The molecule has 0 aromatic heterocycles. The number of rotatable bonds is 5. The Morgan fingerprint density at radius 3 is 2.48 bits per heavy atom. The molecule has 0 radical (unpaired) electrons. The van der Waals surface area contributed by atoms with Crippen molar-refractivity contribution in [2.24, 2.45) is 0 Å². The van der Waals surface area contributed by atoms with E-state index >= 15 is 0 Å². The number of nitrogens with one attached hydrogen (secondary N) is 2. The van der Waals surface area contributed by atoms with Crippen LogP contribution in [0.1, 0.15) is 25.3 Å². The van der Waals surface area contributed by atoms with Gasteiger partial charge < -0.3 is 10.6 Å². The molecule has 116 valence electrons. The van der Waals surface area contributed by atoms with Gasteiger partial charge in [-0.25, -0.2) is 0 Å². The van der Waals surface area contributed by atoms with Crippen molar-refractivity contribution in [3.05, 3.63) is 28.8 Å². The molecule has 0 unspecified atom stereocenters. The maximum atomic E-state index is 12.6. The Morgan fingerprint density at radius 1 is 1.24 bits per heavy atom. The van der Waals surface area contributed by atoms with Crippen molar-refractivity contribution in [1.29, 1.82) is 0 Å². The number of halogens is 4. The van der Waals surface area contributed by atoms with Crippen molar-refractivity contribution in [2.75, 3.05) is 11.9 Å². The van der Waals surface area contributed by atoms with Gasteiger partial charge in [0, 0.05) is 6.54 Å². The minimum absolute atomic E-state index is 0.0367. The van der Waals surface area contributed by atoms with Gasteiger partial charge in [-0.3, -0.25) is 9.59 Å². The number of carbonyl (C=O) groups is 2. The van der Waals surface area contributed by atoms with E-state index in [1.54, 1.807) is 0 Å². The number of carbonyl (C=O) groups excluding carboxylic acids is 2. The van der Waals surface area contributed by atoms with Gasteiger partial charge in [0.25, 0.3) is 0 Å². The van der Waals surface area contributed by atoms with Gasteiger partial charge in [0.15, 0.2) is 0 Å². The molecule has 0 aliphatic rings. The largest absolute Gasteiger partial charge is 0.416 e. The molecule has 0 atom stereocenters. The van der Waals surface area contributed by atoms with Gasteiger partial charge in [0.2, 0.25) is 11.8 Å². The third-order valence-corrected chi connectivity index (χ3v) is 2.79. The van der Waals surface area contributed by atoms with E-state index in [0.29, 0.717) is 13.0 Å². The van der Waals surface area contributed by atoms with E-state index in [0.717, 1.165) is 18.2 Å². The molecule has 21 heavy (non-hydrogen) atoms. The predicted molar refractivity (Wildman–Crippen MR) is 73.0 cm³/mol. The quantitative estimate of drug-likeness (QED) is 0.818. The fourth-order valence-corrected chi connectivity index (χ4v) is 1.63. The molecule has 0 saturated heterocycles. The molecule has 1 aromatic rings. The van der Waals surface area contributed by atoms with Gasteiger partial charge in [-0.1, -0.05) is 18.5 Å². The number of amides is 2. The van der Waals surface area contributed by atoms with E-state index in [1.165, 1.54) is 0 Å². The molecule has 4 nitrogen and oxygen atoms in total. The normalized spacial score (nSPS) is 11.1. The van der Waals surface area contributed by atoms with Crippen LogP contribution in [0.2, 0.25) is 5.02 Å². The number of benzene rings is 1. The van der Waals surface area contributed by atoms with Gasteiger partial charge in [-0.05, 0) is 24.6 Å². The Balaban J connectivity index is 2.74. The van der Waals surface area contributed by atoms with Crippen molar-refractivity contribution < 1.29 is 22.8 Å². The SMILES string of the molecule is CCCNC(=O)CC(=O)Nc1cc(C(F)(F)F)ccc1Cl. The Morgan fingerprint density at radius 2 is 1.90 bits per heavy atom. The summed E-state index contributed by atoms with van der Waals surface area (Å²) in [6, 6.07) is 2.58. The lowest BCUT2D eigenvalue weighted by atomic mass is 10.2. The van der Waals surface area contributed by atoms with Crippen LogP contribution in [0.3, 0.4) is 0 Å². The lowest BCUT2D eigenvalue weighted by Gasteiger charge is -2.11. The monoisotopic (exact) mass is 322 g/mol. The highest BCUT2D eigenvalue weighted by Crippen LogP contribution is 2.33. The maximum Gasteiger partial charge on any atom is 0.416 e. The van der Waals surface area contributed by atoms with Crippen molar-refractivity contribution >= 4 is 29.1 Å². The van der Waals surface area contributed by atoms with Crippen molar-refractivity contribution in [3.63, 3.8) is 0 Å². The number of alkyl halides is 3. The number of hydrogen-bond acceptors (Lipinski definition) is 2. The zero-order chi connectivity index (χ0) is 16.0. The van der Waals surface area contributed by atoms with Crippen LogP contribution in [-0.4, -0.2) is 18.4 Å². The Hall–Kier alpha value is -1.76. The van der Waals surface area contributed by atoms with E-state index in [4.69, 9.17) is 11.6 Å². The van der Waals surface area contributed by atoms with E-state index in [9.17, 15) is 22.8 Å². The van der Waals surface area contributed by atoms with E-state index in [-0.39, 0.29) is 10.7 Å². The van der Waals surface area contributed by atoms with Crippen LogP contribution in [0.25, 0.3) is 0 Å². The first-order valence-corrected chi connectivity index (χ1v) is 6.55. The summed E-state index contributed by atoms with van der Waals surface area (Å²) in [4.78, 5) is 22.9. The molecule has 2 amide bonds. The highest BCUT2D eigenvalue weighted by Gasteiger charge is 2.31. The summed E-state index contributed by atoms with van der Waals surface area (Å²) in [6.07, 6.45) is -4.30. The first-order valence-electron chi connectivity index (χ1n) is 6.17. The fourth-order valence-electron chi connectivity index (χ4n) is 1.46. The molecule has 0 saturated carbocycles. The highest BCUT2D eigenvalue weighted by atomic mass is 35.5. The molecular weight excluding hydrogens is 309 g/mol. The summed E-state index contributed by atoms with van der Waals surface area (Å²) in [7, 11) is 0. The van der Waals surface area contributed by atoms with E-state index < -0.39 is 30.0 Å². The van der Waals surface area contributed by atoms with Crippen LogP contribution in [0, 0.1) is 0 Å². The second kappa shape index (κ2) is 7.31. The van der Waals surface area contributed by atoms with E-state index in [2.05, 4.69) is 10.6 Å². The first kappa shape index (κ1) is 17.3. The molecule has 2 N–H and O–H groups in total. The van der Waals surface area contributed by atoms with Gasteiger partial charge in [0.05, 0.1) is 16.3 Å². The summed E-state index contributed by atoms with van der Waals surface area (Å²) in [5, 5.41) is 4.65. The molecule has 0 heterocycles. The van der Waals surface area contributed by atoms with Gasteiger partial charge in [-0.2, -0.15) is 13.2 Å². The molecule has 0 aliphatic carbocycles. The molecule has 0 spiro atoms. The topological polar surface area (TPSA) is 58.2 Å². The first-order chi connectivity index (χ1) is 9.74. The van der Waals surface area contributed by atoms with Crippen LogP contribution >= 0.6 is 11.6 Å². The predicted octanol–water partition coefficient (Wildman–Crippen LogP) is 3.21. The van der Waals surface area contributed by atoms with Gasteiger partial charge in [0.1, 0.15) is 6.42 Å². The number of anilines is 1. The summed E-state index contributed by atoms with van der Waals surface area (Å²) in [5.74, 6) is -1.23. The van der Waals surface area contributed by atoms with Crippen molar-refractivity contribution in [3.8, 4) is 0 Å². The molecule has 1 aromatic carbocycles. The average Bonchev–Trinajstić information content (AvgIpc) is 2.37. The Kier molecular flexibility index (Phi) is 6.02. The molecule has 0 aliphatic heterocycles. The van der Waals surface area contributed by atoms with Gasteiger partial charge >= 0.3 is 6.18 Å². The summed E-state index contributed by atoms with van der Waals surface area (Å²) < 4.78 is 37.7. The minimum atomic E-state index is -4.54. The lowest BCUT2D eigenvalue weighted by molar-refractivity contribution is -0.137. The number of hydrogen-bond donors (Lipinski definition) is 2. The second-order valence-corrected chi connectivity index (χ2v) is 4.67. The van der Waals surface area contributed by atoms with Crippen LogP contribution in [0.15, 0.2) is 18.2 Å². The van der Waals surface area contributed by atoms with Crippen molar-refractivity contribution in [2.45, 2.75) is 25.9 Å². The second-order valence-electron chi connectivity index (χ2n) is 4.27. The summed E-state index contributed by atoms with van der Waals surface area (Å²) in [6.45, 7) is 2.28. The van der Waals surface area contributed by atoms with Crippen LogP contribution in [0.4, 0.5) is 18.9 Å². The molecular formula is C13H14ClF3N2O2. The zero-order valence-corrected chi connectivity index (χ0v) is 11.9. The molecule has 8 heteroatoms. The van der Waals surface area contributed by atoms with Crippen LogP contribution in [0.5, 0.6) is 0 Å².